The molecule has 0 fully saturated rings. The second-order valence-electron chi connectivity index (χ2n) is 2.13. The molecule has 2 heteroatoms. The van der Waals surface area contributed by atoms with Crippen LogP contribution in [0.1, 0.15) is 5.56 Å². The molecule has 10 heavy (non-hydrogen) atoms. The lowest BCUT2D eigenvalue weighted by atomic mass is 10.2. The highest BCUT2D eigenvalue weighted by atomic mass is 32.1. The summed E-state index contributed by atoms with van der Waals surface area (Å²) in [4.78, 5) is 0. The zero-order valence-electron chi connectivity index (χ0n) is 5.79. The lowest BCUT2D eigenvalue weighted by Gasteiger charge is -1.98. The van der Waals surface area contributed by atoms with E-state index in [-0.39, 0.29) is 0 Å². The molecule has 0 aromatic heterocycles. The molecule has 0 heterocycles. The van der Waals surface area contributed by atoms with Crippen LogP contribution in [0.15, 0.2) is 24.3 Å². The average Bonchev–Trinajstić information content (AvgIpc) is 1.88. The topological polar surface area (TPSA) is 12.0 Å². The van der Waals surface area contributed by atoms with Crippen molar-refractivity contribution in [1.82, 2.24) is 0 Å². The lowest BCUT2D eigenvalue weighted by molar-refractivity contribution is 1.47. The standard InChI is InChI=1S/C8H9NS/c1-7-3-2-4-8(5-7)9-6-10/h2-6H,1H3,(H,9,10). The smallest absolute Gasteiger partial charge is 0.0658 e. The van der Waals surface area contributed by atoms with E-state index in [0.29, 0.717) is 0 Å². The van der Waals surface area contributed by atoms with Gasteiger partial charge in [-0.15, -0.1) is 0 Å². The molecule has 0 saturated heterocycles. The van der Waals surface area contributed by atoms with Crippen molar-refractivity contribution in [3.05, 3.63) is 29.8 Å². The Labute approximate surface area is 66.1 Å². The van der Waals surface area contributed by atoms with Crippen LogP contribution in [0.2, 0.25) is 0 Å². The van der Waals surface area contributed by atoms with Crippen LogP contribution in [-0.2, 0) is 0 Å². The second-order valence-corrected chi connectivity index (χ2v) is 2.37. The van der Waals surface area contributed by atoms with Crippen molar-refractivity contribution in [1.29, 1.82) is 0 Å². The summed E-state index contributed by atoms with van der Waals surface area (Å²) in [5.41, 5.74) is 3.80. The first-order valence-corrected chi connectivity index (χ1v) is 3.57. The normalized spacial score (nSPS) is 8.90. The van der Waals surface area contributed by atoms with E-state index in [2.05, 4.69) is 30.5 Å². The third-order valence-corrected chi connectivity index (χ3v) is 1.36. The fourth-order valence-corrected chi connectivity index (χ4v) is 0.939. The van der Waals surface area contributed by atoms with Gasteiger partial charge < -0.3 is 5.32 Å². The molecule has 0 radical (unpaired) electrons. The minimum absolute atomic E-state index is 1.05. The first-order valence-electron chi connectivity index (χ1n) is 3.10. The summed E-state index contributed by atoms with van der Waals surface area (Å²) in [6.07, 6.45) is 0. The maximum absolute atomic E-state index is 4.64. The lowest BCUT2D eigenvalue weighted by Crippen LogP contribution is -1.90. The van der Waals surface area contributed by atoms with Gasteiger partial charge in [0.05, 0.1) is 5.49 Å². The molecule has 0 amide bonds. The summed E-state index contributed by atoms with van der Waals surface area (Å²) in [7, 11) is 0. The molecule has 0 aliphatic carbocycles. The second kappa shape index (κ2) is 3.32. The highest BCUT2D eigenvalue weighted by Crippen LogP contribution is 2.07. The number of hydrogen-bond acceptors (Lipinski definition) is 1. The average molecular weight is 151 g/mol. The van der Waals surface area contributed by atoms with Gasteiger partial charge in [-0.2, -0.15) is 0 Å². The highest BCUT2D eigenvalue weighted by Gasteiger charge is 1.86. The summed E-state index contributed by atoms with van der Waals surface area (Å²) in [6.45, 7) is 2.05. The number of aryl methyl sites for hydroxylation is 1. The van der Waals surface area contributed by atoms with E-state index in [1.54, 1.807) is 0 Å². The van der Waals surface area contributed by atoms with Crippen molar-refractivity contribution >= 4 is 23.4 Å². The zero-order chi connectivity index (χ0) is 7.40. The fraction of sp³-hybridized carbons (Fsp3) is 0.125. The van der Waals surface area contributed by atoms with Crippen LogP contribution < -0.4 is 5.32 Å². The van der Waals surface area contributed by atoms with Gasteiger partial charge in [-0.05, 0) is 24.6 Å². The molecule has 1 N–H and O–H groups in total. The van der Waals surface area contributed by atoms with Gasteiger partial charge in [-0.3, -0.25) is 0 Å². The Morgan fingerprint density at radius 3 is 2.90 bits per heavy atom. The van der Waals surface area contributed by atoms with Gasteiger partial charge in [0.25, 0.3) is 0 Å². The number of benzene rings is 1. The molecule has 1 aromatic rings. The summed E-state index contributed by atoms with van der Waals surface area (Å²) in [5, 5.41) is 2.94. The molecule has 0 spiro atoms. The monoisotopic (exact) mass is 151 g/mol. The molecule has 0 unspecified atom stereocenters. The van der Waals surface area contributed by atoms with Crippen LogP contribution in [0.4, 0.5) is 5.69 Å². The van der Waals surface area contributed by atoms with Gasteiger partial charge in [-0.1, -0.05) is 24.4 Å². The molecule has 0 atom stereocenters. The Morgan fingerprint density at radius 2 is 2.30 bits per heavy atom. The van der Waals surface area contributed by atoms with E-state index in [0.717, 1.165) is 5.69 Å². The number of thiocarbonyl (C=S) groups is 1. The van der Waals surface area contributed by atoms with Crippen LogP contribution >= 0.6 is 12.2 Å². The molecule has 0 saturated carbocycles. The molecular formula is C8H9NS. The first-order chi connectivity index (χ1) is 4.83. The Balaban J connectivity index is 2.84. The van der Waals surface area contributed by atoms with Crippen LogP contribution in [0.3, 0.4) is 0 Å². The molecule has 0 bridgehead atoms. The van der Waals surface area contributed by atoms with Crippen molar-refractivity contribution < 1.29 is 0 Å². The van der Waals surface area contributed by atoms with Gasteiger partial charge in [0, 0.05) is 5.69 Å². The fourth-order valence-electron chi connectivity index (χ4n) is 0.803. The van der Waals surface area contributed by atoms with E-state index in [4.69, 9.17) is 0 Å². The number of hydrogen-bond donors (Lipinski definition) is 1. The van der Waals surface area contributed by atoms with E-state index in [1.807, 2.05) is 18.2 Å². The summed E-state index contributed by atoms with van der Waals surface area (Å²) in [6, 6.07) is 8.07. The Morgan fingerprint density at radius 1 is 1.50 bits per heavy atom. The van der Waals surface area contributed by atoms with Crippen LogP contribution in [0.5, 0.6) is 0 Å². The van der Waals surface area contributed by atoms with Gasteiger partial charge in [0.2, 0.25) is 0 Å². The maximum Gasteiger partial charge on any atom is 0.0658 e. The predicted octanol–water partition coefficient (Wildman–Crippen LogP) is 2.36. The van der Waals surface area contributed by atoms with E-state index in [1.165, 1.54) is 11.1 Å². The molecule has 0 aliphatic heterocycles. The Kier molecular flexibility index (Phi) is 2.40. The predicted molar refractivity (Wildman–Crippen MR) is 48.5 cm³/mol. The van der Waals surface area contributed by atoms with Crippen molar-refractivity contribution in [2.75, 3.05) is 5.32 Å². The highest BCUT2D eigenvalue weighted by molar-refractivity contribution is 7.79. The molecule has 52 valence electrons. The maximum atomic E-state index is 4.64. The summed E-state index contributed by atoms with van der Waals surface area (Å²) in [5.74, 6) is 0. The molecule has 1 nitrogen and oxygen atoms in total. The van der Waals surface area contributed by atoms with Crippen LogP contribution in [-0.4, -0.2) is 5.49 Å². The SMILES string of the molecule is Cc1cccc(NC=S)c1. The van der Waals surface area contributed by atoms with Gasteiger partial charge in [0.1, 0.15) is 0 Å². The van der Waals surface area contributed by atoms with Crippen molar-refractivity contribution in [2.45, 2.75) is 6.92 Å². The third kappa shape index (κ3) is 1.81. The van der Waals surface area contributed by atoms with Crippen LogP contribution in [0, 0.1) is 6.92 Å². The minimum Gasteiger partial charge on any atom is -0.353 e. The van der Waals surface area contributed by atoms with Crippen molar-refractivity contribution in [3.63, 3.8) is 0 Å². The first kappa shape index (κ1) is 7.22. The van der Waals surface area contributed by atoms with Crippen molar-refractivity contribution in [3.8, 4) is 0 Å². The van der Waals surface area contributed by atoms with E-state index < -0.39 is 0 Å². The minimum atomic E-state index is 1.05. The Hall–Kier alpha value is -0.890. The van der Waals surface area contributed by atoms with Gasteiger partial charge >= 0.3 is 0 Å². The number of anilines is 1. The largest absolute Gasteiger partial charge is 0.353 e. The van der Waals surface area contributed by atoms with E-state index in [9.17, 15) is 0 Å². The Bertz CT molecular complexity index is 232. The quantitative estimate of drug-likeness (QED) is 0.651. The third-order valence-electron chi connectivity index (χ3n) is 1.24. The molecule has 1 aromatic carbocycles. The van der Waals surface area contributed by atoms with E-state index >= 15 is 0 Å². The van der Waals surface area contributed by atoms with Crippen molar-refractivity contribution in [2.24, 2.45) is 0 Å². The zero-order valence-corrected chi connectivity index (χ0v) is 6.61. The molecular weight excluding hydrogens is 142 g/mol. The summed E-state index contributed by atoms with van der Waals surface area (Å²) >= 11 is 4.64. The molecule has 0 aliphatic rings. The summed E-state index contributed by atoms with van der Waals surface area (Å²) < 4.78 is 0. The number of nitrogens with one attached hydrogen (secondary N) is 1. The van der Waals surface area contributed by atoms with Gasteiger partial charge in [-0.25, -0.2) is 0 Å². The van der Waals surface area contributed by atoms with Gasteiger partial charge in [0.15, 0.2) is 0 Å². The molecule has 1 rings (SSSR count). The van der Waals surface area contributed by atoms with Crippen LogP contribution in [0.25, 0.3) is 0 Å². The number of rotatable bonds is 2.